The van der Waals surface area contributed by atoms with E-state index in [0.717, 1.165) is 18.5 Å². The van der Waals surface area contributed by atoms with Crippen molar-refractivity contribution in [1.29, 1.82) is 0 Å². The van der Waals surface area contributed by atoms with E-state index in [-0.39, 0.29) is 16.4 Å². The molecule has 1 saturated heterocycles. The summed E-state index contributed by atoms with van der Waals surface area (Å²) in [6, 6.07) is 4.98. The van der Waals surface area contributed by atoms with E-state index in [1.165, 1.54) is 18.9 Å². The first-order valence-corrected chi connectivity index (χ1v) is 5.66. The zero-order valence-electron chi connectivity index (χ0n) is 8.82. The second-order valence-corrected chi connectivity index (χ2v) is 4.92. The molecule has 1 aliphatic heterocycles. The normalized spacial score (nSPS) is 25.8. The van der Waals surface area contributed by atoms with Crippen molar-refractivity contribution in [2.75, 3.05) is 6.54 Å². The van der Waals surface area contributed by atoms with Gasteiger partial charge in [-0.1, -0.05) is 17.7 Å². The van der Waals surface area contributed by atoms with Gasteiger partial charge in [-0.25, -0.2) is 4.39 Å². The first-order valence-electron chi connectivity index (χ1n) is 5.28. The fourth-order valence-corrected chi connectivity index (χ4v) is 2.41. The molecule has 0 amide bonds. The van der Waals surface area contributed by atoms with Crippen molar-refractivity contribution >= 4 is 11.6 Å². The molecule has 0 radical (unpaired) electrons. The van der Waals surface area contributed by atoms with E-state index < -0.39 is 0 Å². The van der Waals surface area contributed by atoms with Crippen molar-refractivity contribution in [2.24, 2.45) is 0 Å². The Hall–Kier alpha value is -0.600. The zero-order valence-corrected chi connectivity index (χ0v) is 9.57. The van der Waals surface area contributed by atoms with Gasteiger partial charge >= 0.3 is 0 Å². The van der Waals surface area contributed by atoms with Gasteiger partial charge in [0.2, 0.25) is 0 Å². The summed E-state index contributed by atoms with van der Waals surface area (Å²) in [4.78, 5) is 0. The van der Waals surface area contributed by atoms with Crippen molar-refractivity contribution in [2.45, 2.75) is 31.7 Å². The Balaban J connectivity index is 2.13. The van der Waals surface area contributed by atoms with Crippen LogP contribution in [0.25, 0.3) is 0 Å². The van der Waals surface area contributed by atoms with Crippen molar-refractivity contribution in [1.82, 2.24) is 5.32 Å². The molecule has 1 N–H and O–H groups in total. The third-order valence-corrected chi connectivity index (χ3v) is 3.33. The summed E-state index contributed by atoms with van der Waals surface area (Å²) in [5, 5.41) is 3.70. The van der Waals surface area contributed by atoms with Crippen LogP contribution in [0.3, 0.4) is 0 Å². The van der Waals surface area contributed by atoms with E-state index in [2.05, 4.69) is 12.2 Å². The number of hydrogen-bond donors (Lipinski definition) is 1. The molecule has 1 aliphatic rings. The maximum Gasteiger partial charge on any atom is 0.141 e. The summed E-state index contributed by atoms with van der Waals surface area (Å²) < 4.78 is 13.0. The van der Waals surface area contributed by atoms with Crippen LogP contribution in [0.1, 0.15) is 25.3 Å². The molecule has 1 aromatic carbocycles. The summed E-state index contributed by atoms with van der Waals surface area (Å²) in [6.07, 6.45) is 3.29. The second-order valence-electron chi connectivity index (χ2n) is 4.52. The van der Waals surface area contributed by atoms with Crippen LogP contribution < -0.4 is 5.32 Å². The Labute approximate surface area is 94.6 Å². The largest absolute Gasteiger partial charge is 0.311 e. The first-order chi connectivity index (χ1) is 7.09. The van der Waals surface area contributed by atoms with Crippen LogP contribution in [0.2, 0.25) is 5.02 Å². The van der Waals surface area contributed by atoms with Crippen molar-refractivity contribution < 1.29 is 4.39 Å². The van der Waals surface area contributed by atoms with E-state index in [4.69, 9.17) is 11.6 Å². The molecule has 2 rings (SSSR count). The highest BCUT2D eigenvalue weighted by Gasteiger charge is 2.28. The van der Waals surface area contributed by atoms with E-state index in [1.807, 2.05) is 6.07 Å². The highest BCUT2D eigenvalue weighted by molar-refractivity contribution is 6.30. The quantitative estimate of drug-likeness (QED) is 0.819. The Morgan fingerprint density at radius 1 is 1.53 bits per heavy atom. The van der Waals surface area contributed by atoms with Gasteiger partial charge in [0.05, 0.1) is 5.02 Å². The van der Waals surface area contributed by atoms with Gasteiger partial charge in [0, 0.05) is 5.54 Å². The SMILES string of the molecule is C[C@]1(Cc2ccc(F)c(Cl)c2)CCCN1. The van der Waals surface area contributed by atoms with Gasteiger partial charge in [-0.15, -0.1) is 0 Å². The lowest BCUT2D eigenvalue weighted by Crippen LogP contribution is -2.38. The minimum Gasteiger partial charge on any atom is -0.311 e. The molecule has 1 aromatic rings. The van der Waals surface area contributed by atoms with E-state index >= 15 is 0 Å². The van der Waals surface area contributed by atoms with E-state index in [9.17, 15) is 4.39 Å². The van der Waals surface area contributed by atoms with Crippen LogP contribution in [0.15, 0.2) is 18.2 Å². The van der Waals surface area contributed by atoms with Crippen molar-refractivity contribution in [3.8, 4) is 0 Å². The number of rotatable bonds is 2. The van der Waals surface area contributed by atoms with Crippen LogP contribution in [0.4, 0.5) is 4.39 Å². The lowest BCUT2D eigenvalue weighted by Gasteiger charge is -2.24. The van der Waals surface area contributed by atoms with Gasteiger partial charge in [0.25, 0.3) is 0 Å². The van der Waals surface area contributed by atoms with Gasteiger partial charge in [0.15, 0.2) is 0 Å². The molecule has 15 heavy (non-hydrogen) atoms. The predicted molar refractivity (Wildman–Crippen MR) is 60.8 cm³/mol. The highest BCUT2D eigenvalue weighted by Crippen LogP contribution is 2.25. The summed E-state index contributed by atoms with van der Waals surface area (Å²) in [7, 11) is 0. The highest BCUT2D eigenvalue weighted by atomic mass is 35.5. The maximum atomic E-state index is 13.0. The van der Waals surface area contributed by atoms with Crippen LogP contribution >= 0.6 is 11.6 Å². The number of hydrogen-bond acceptors (Lipinski definition) is 1. The van der Waals surface area contributed by atoms with Crippen LogP contribution in [0, 0.1) is 5.82 Å². The minimum atomic E-state index is -0.343. The van der Waals surface area contributed by atoms with Crippen LogP contribution in [-0.2, 0) is 6.42 Å². The smallest absolute Gasteiger partial charge is 0.141 e. The molecule has 0 saturated carbocycles. The molecule has 1 atom stereocenters. The summed E-state index contributed by atoms with van der Waals surface area (Å²) >= 11 is 5.75. The Kier molecular flexibility index (Phi) is 2.98. The molecule has 0 spiro atoms. The van der Waals surface area contributed by atoms with E-state index in [0.29, 0.717) is 0 Å². The van der Waals surface area contributed by atoms with Gasteiger partial charge in [0.1, 0.15) is 5.82 Å². The molecule has 0 aromatic heterocycles. The lowest BCUT2D eigenvalue weighted by molar-refractivity contribution is 0.412. The third-order valence-electron chi connectivity index (χ3n) is 3.04. The molecular weight excluding hydrogens is 213 g/mol. The molecule has 0 aliphatic carbocycles. The molecule has 0 unspecified atom stereocenters. The number of benzene rings is 1. The van der Waals surface area contributed by atoms with Crippen LogP contribution in [0.5, 0.6) is 0 Å². The Morgan fingerprint density at radius 3 is 2.93 bits per heavy atom. The monoisotopic (exact) mass is 227 g/mol. The minimum absolute atomic E-state index is 0.154. The molecule has 0 bridgehead atoms. The standard InChI is InChI=1S/C12H15ClFN/c1-12(5-2-6-15-12)8-9-3-4-11(14)10(13)7-9/h3-4,7,15H,2,5-6,8H2,1H3/t12-/m1/s1. The zero-order chi connectivity index (χ0) is 10.9. The van der Waals surface area contributed by atoms with Crippen LogP contribution in [-0.4, -0.2) is 12.1 Å². The molecular formula is C12H15ClFN. The molecule has 3 heteroatoms. The Morgan fingerprint density at radius 2 is 2.33 bits per heavy atom. The van der Waals surface area contributed by atoms with Gasteiger partial charge in [-0.3, -0.25) is 0 Å². The Bertz CT molecular complexity index is 359. The van der Waals surface area contributed by atoms with Crippen molar-refractivity contribution in [3.63, 3.8) is 0 Å². The summed E-state index contributed by atoms with van der Waals surface area (Å²) in [5.41, 5.74) is 1.25. The van der Waals surface area contributed by atoms with Gasteiger partial charge in [-0.05, 0) is 50.4 Å². The molecule has 82 valence electrons. The third kappa shape index (κ3) is 2.50. The van der Waals surface area contributed by atoms with E-state index in [1.54, 1.807) is 6.07 Å². The average molecular weight is 228 g/mol. The second kappa shape index (κ2) is 4.11. The average Bonchev–Trinajstić information content (AvgIpc) is 2.59. The first kappa shape index (κ1) is 10.9. The maximum absolute atomic E-state index is 13.0. The van der Waals surface area contributed by atoms with Gasteiger partial charge in [-0.2, -0.15) is 0 Å². The predicted octanol–water partition coefficient (Wildman–Crippen LogP) is 3.16. The number of nitrogens with one attached hydrogen (secondary N) is 1. The summed E-state index contributed by atoms with van der Waals surface area (Å²) in [5.74, 6) is -0.343. The fourth-order valence-electron chi connectivity index (χ4n) is 2.21. The molecule has 1 nitrogen and oxygen atoms in total. The topological polar surface area (TPSA) is 12.0 Å². The molecule has 1 fully saturated rings. The fraction of sp³-hybridized carbons (Fsp3) is 0.500. The summed E-state index contributed by atoms with van der Waals surface area (Å²) in [6.45, 7) is 3.28. The molecule has 1 heterocycles. The number of halogens is 2. The van der Waals surface area contributed by atoms with Crippen molar-refractivity contribution in [3.05, 3.63) is 34.6 Å². The van der Waals surface area contributed by atoms with Gasteiger partial charge < -0.3 is 5.32 Å². The lowest BCUT2D eigenvalue weighted by atomic mass is 9.91.